The molecular weight excluding hydrogens is 500 g/mol. The summed E-state index contributed by atoms with van der Waals surface area (Å²) in [5, 5.41) is 26.2. The van der Waals surface area contributed by atoms with Gasteiger partial charge in [-0.2, -0.15) is 5.26 Å². The van der Waals surface area contributed by atoms with Gasteiger partial charge >= 0.3 is 0 Å². The number of anilines is 3. The van der Waals surface area contributed by atoms with Gasteiger partial charge in [-0.05, 0) is 48.5 Å². The van der Waals surface area contributed by atoms with E-state index in [9.17, 15) is 29.8 Å². The second-order valence-electron chi connectivity index (χ2n) is 7.55. The zero-order valence-electron chi connectivity index (χ0n) is 18.7. The third-order valence-electron chi connectivity index (χ3n) is 5.08. The number of aromatic amines is 1. The maximum absolute atomic E-state index is 12.5. The zero-order chi connectivity index (χ0) is 26.5. The van der Waals surface area contributed by atoms with Crippen LogP contribution in [-0.4, -0.2) is 26.6 Å². The first-order chi connectivity index (χ1) is 17.7. The molecule has 3 aromatic carbocycles. The van der Waals surface area contributed by atoms with E-state index >= 15 is 0 Å². The molecule has 4 rings (SSSR count). The largest absolute Gasteiger partial charge is 0.326 e. The Kier molecular flexibility index (Phi) is 7.04. The van der Waals surface area contributed by atoms with Crippen LogP contribution in [0.1, 0.15) is 15.9 Å². The van der Waals surface area contributed by atoms with Crippen LogP contribution < -0.4 is 16.2 Å². The molecule has 3 N–H and O–H groups in total. The van der Waals surface area contributed by atoms with E-state index in [4.69, 9.17) is 11.6 Å². The molecule has 0 aliphatic carbocycles. The molecule has 0 spiro atoms. The van der Waals surface area contributed by atoms with Gasteiger partial charge in [-0.25, -0.2) is 4.98 Å². The number of H-pyrrole nitrogens is 1. The number of carbonyl (C=O) groups is 2. The summed E-state index contributed by atoms with van der Waals surface area (Å²) in [6, 6.07) is 19.2. The van der Waals surface area contributed by atoms with E-state index in [2.05, 4.69) is 20.6 Å². The summed E-state index contributed by atoms with van der Waals surface area (Å²) in [4.78, 5) is 54.5. The Bertz CT molecular complexity index is 1630. The first-order valence-corrected chi connectivity index (χ1v) is 10.9. The predicted molar refractivity (Wildman–Crippen MR) is 136 cm³/mol. The van der Waals surface area contributed by atoms with E-state index in [1.165, 1.54) is 24.3 Å². The van der Waals surface area contributed by atoms with Gasteiger partial charge in [-0.15, -0.1) is 0 Å². The Morgan fingerprint density at radius 3 is 2.38 bits per heavy atom. The predicted octanol–water partition coefficient (Wildman–Crippen LogP) is 4.44. The summed E-state index contributed by atoms with van der Waals surface area (Å²) < 4.78 is 0. The van der Waals surface area contributed by atoms with Crippen LogP contribution in [0.2, 0.25) is 5.02 Å². The fraction of sp³-hybridized carbons (Fsp3) is 0. The summed E-state index contributed by atoms with van der Waals surface area (Å²) in [5.74, 6) is -1.80. The molecule has 0 fully saturated rings. The fourth-order valence-corrected chi connectivity index (χ4v) is 3.44. The maximum Gasteiger partial charge on any atom is 0.296 e. The van der Waals surface area contributed by atoms with Crippen LogP contribution in [0.3, 0.4) is 0 Å². The summed E-state index contributed by atoms with van der Waals surface area (Å²) in [7, 11) is 0. The number of nitrogens with zero attached hydrogens (tertiary/aromatic N) is 3. The van der Waals surface area contributed by atoms with Crippen molar-refractivity contribution in [3.8, 4) is 17.3 Å². The van der Waals surface area contributed by atoms with Crippen LogP contribution in [0.4, 0.5) is 23.0 Å². The molecule has 12 heteroatoms. The second kappa shape index (κ2) is 10.5. The molecule has 0 saturated carbocycles. The van der Waals surface area contributed by atoms with Gasteiger partial charge in [0.05, 0.1) is 10.6 Å². The van der Waals surface area contributed by atoms with Crippen molar-refractivity contribution < 1.29 is 14.5 Å². The van der Waals surface area contributed by atoms with Gasteiger partial charge in [0, 0.05) is 39.7 Å². The van der Waals surface area contributed by atoms with Gasteiger partial charge in [0.1, 0.15) is 11.6 Å². The highest BCUT2D eigenvalue weighted by Gasteiger charge is 2.19. The Balaban J connectivity index is 1.60. The smallest absolute Gasteiger partial charge is 0.296 e. The Labute approximate surface area is 213 Å². The molecule has 0 bridgehead atoms. The lowest BCUT2D eigenvalue weighted by Gasteiger charge is -2.10. The molecule has 0 unspecified atom stereocenters. The number of hydrogen-bond acceptors (Lipinski definition) is 8. The van der Waals surface area contributed by atoms with Gasteiger partial charge < -0.3 is 10.6 Å². The molecule has 0 radical (unpaired) electrons. The number of nitro benzene ring substituents is 1. The number of non-ortho nitro benzene ring substituents is 1. The molecule has 11 nitrogen and oxygen atoms in total. The third-order valence-corrected chi connectivity index (χ3v) is 5.33. The van der Waals surface area contributed by atoms with Crippen molar-refractivity contribution in [1.82, 2.24) is 9.97 Å². The Morgan fingerprint density at radius 2 is 1.73 bits per heavy atom. The molecule has 1 amide bonds. The van der Waals surface area contributed by atoms with Crippen molar-refractivity contribution in [1.29, 1.82) is 5.26 Å². The molecule has 0 saturated heterocycles. The number of ketones is 1. The molecule has 37 heavy (non-hydrogen) atoms. The van der Waals surface area contributed by atoms with Crippen LogP contribution >= 0.6 is 11.6 Å². The van der Waals surface area contributed by atoms with Crippen LogP contribution in [-0.2, 0) is 4.79 Å². The highest BCUT2D eigenvalue weighted by molar-refractivity contribution is 6.46. The van der Waals surface area contributed by atoms with E-state index in [0.717, 1.165) is 12.1 Å². The van der Waals surface area contributed by atoms with Crippen LogP contribution in [0.25, 0.3) is 11.3 Å². The SMILES string of the molecule is N#Cc1c(-c2cccc(NC(=O)C(=O)c3ccc([N+](=O)[O-])cc3)c2)nc(Nc2ccc(Cl)cc2)[nH]c1=O. The summed E-state index contributed by atoms with van der Waals surface area (Å²) in [5.41, 5.74) is 0.0279. The number of rotatable bonds is 7. The first-order valence-electron chi connectivity index (χ1n) is 10.5. The lowest BCUT2D eigenvalue weighted by atomic mass is 10.1. The van der Waals surface area contributed by atoms with Crippen molar-refractivity contribution in [3.63, 3.8) is 0 Å². The van der Waals surface area contributed by atoms with Crippen molar-refractivity contribution in [2.24, 2.45) is 0 Å². The number of nitriles is 1. The standard InChI is InChI=1S/C25H15ClN6O5/c26-16-6-8-17(9-7-16)29-25-30-21(20(13-27)23(34)31-25)15-2-1-3-18(12-15)28-24(35)22(33)14-4-10-19(11-5-14)32(36)37/h1-12H,(H,28,35)(H2,29,30,31,34). The monoisotopic (exact) mass is 514 g/mol. The highest BCUT2D eigenvalue weighted by Crippen LogP contribution is 2.25. The number of amides is 1. The molecule has 4 aromatic rings. The number of nitrogens with one attached hydrogen (secondary N) is 3. The lowest BCUT2D eigenvalue weighted by Crippen LogP contribution is -2.22. The molecule has 0 aliphatic rings. The third kappa shape index (κ3) is 5.67. The van der Waals surface area contributed by atoms with Crippen molar-refractivity contribution >= 4 is 46.3 Å². The first kappa shape index (κ1) is 24.8. The molecule has 0 aliphatic heterocycles. The number of hydrogen-bond donors (Lipinski definition) is 3. The van der Waals surface area contributed by atoms with Gasteiger partial charge in [-0.1, -0.05) is 23.7 Å². The van der Waals surface area contributed by atoms with E-state index in [-0.39, 0.29) is 34.1 Å². The number of nitro groups is 1. The quantitative estimate of drug-likeness (QED) is 0.140. The summed E-state index contributed by atoms with van der Waals surface area (Å²) in [6.45, 7) is 0. The normalized spacial score (nSPS) is 10.3. The lowest BCUT2D eigenvalue weighted by molar-refractivity contribution is -0.384. The average molecular weight is 515 g/mol. The zero-order valence-corrected chi connectivity index (χ0v) is 19.4. The van der Waals surface area contributed by atoms with E-state index in [0.29, 0.717) is 16.3 Å². The summed E-state index contributed by atoms with van der Waals surface area (Å²) >= 11 is 5.89. The van der Waals surface area contributed by atoms with Crippen LogP contribution in [0.5, 0.6) is 0 Å². The molecular formula is C25H15ClN6O5. The second-order valence-corrected chi connectivity index (χ2v) is 7.99. The van der Waals surface area contributed by atoms with Crippen molar-refractivity contribution in [3.05, 3.63) is 109 Å². The fourth-order valence-electron chi connectivity index (χ4n) is 3.31. The minimum absolute atomic E-state index is 0.0276. The van der Waals surface area contributed by atoms with Gasteiger partial charge in [0.2, 0.25) is 5.95 Å². The van der Waals surface area contributed by atoms with E-state index in [1.807, 2.05) is 6.07 Å². The molecule has 1 heterocycles. The number of Topliss-reactive ketones (excluding diaryl/α,β-unsaturated/α-hetero) is 1. The average Bonchev–Trinajstić information content (AvgIpc) is 2.89. The topological polar surface area (TPSA) is 171 Å². The van der Waals surface area contributed by atoms with E-state index in [1.54, 1.807) is 36.4 Å². The number of halogens is 1. The van der Waals surface area contributed by atoms with Gasteiger partial charge in [-0.3, -0.25) is 29.5 Å². The number of aromatic nitrogens is 2. The Morgan fingerprint density at radius 1 is 1.03 bits per heavy atom. The Hall–Kier alpha value is -5.34. The van der Waals surface area contributed by atoms with Crippen LogP contribution in [0.15, 0.2) is 77.6 Å². The molecule has 0 atom stereocenters. The van der Waals surface area contributed by atoms with E-state index < -0.39 is 22.2 Å². The summed E-state index contributed by atoms with van der Waals surface area (Å²) in [6.07, 6.45) is 0. The molecule has 182 valence electrons. The highest BCUT2D eigenvalue weighted by atomic mass is 35.5. The molecule has 1 aromatic heterocycles. The maximum atomic E-state index is 12.5. The number of benzene rings is 3. The van der Waals surface area contributed by atoms with Gasteiger partial charge in [0.15, 0.2) is 0 Å². The van der Waals surface area contributed by atoms with Crippen molar-refractivity contribution in [2.45, 2.75) is 0 Å². The number of carbonyl (C=O) groups excluding carboxylic acids is 2. The minimum atomic E-state index is -0.976. The van der Waals surface area contributed by atoms with Crippen LogP contribution in [0, 0.1) is 21.4 Å². The van der Waals surface area contributed by atoms with Gasteiger partial charge in [0.25, 0.3) is 22.9 Å². The van der Waals surface area contributed by atoms with Crippen molar-refractivity contribution in [2.75, 3.05) is 10.6 Å². The minimum Gasteiger partial charge on any atom is -0.326 e.